The summed E-state index contributed by atoms with van der Waals surface area (Å²) in [5.41, 5.74) is 5.09. The Morgan fingerprint density at radius 3 is 2.85 bits per heavy atom. The van der Waals surface area contributed by atoms with Crippen LogP contribution in [0, 0.1) is 5.82 Å². The SMILES string of the molecule is NC(=S)c1c(F)cccc1S(=O)(=O)NCc1ncc[nH]1. The van der Waals surface area contributed by atoms with Crippen LogP contribution in [0.2, 0.25) is 0 Å². The van der Waals surface area contributed by atoms with E-state index in [9.17, 15) is 12.8 Å². The van der Waals surface area contributed by atoms with Gasteiger partial charge in [0.25, 0.3) is 0 Å². The van der Waals surface area contributed by atoms with Crippen LogP contribution < -0.4 is 10.5 Å². The van der Waals surface area contributed by atoms with Crippen molar-refractivity contribution < 1.29 is 12.8 Å². The van der Waals surface area contributed by atoms with Gasteiger partial charge in [0.1, 0.15) is 16.6 Å². The number of hydrogen-bond donors (Lipinski definition) is 3. The molecule has 1 aromatic heterocycles. The van der Waals surface area contributed by atoms with Crippen LogP contribution in [0.4, 0.5) is 4.39 Å². The van der Waals surface area contributed by atoms with Gasteiger partial charge in [-0.25, -0.2) is 22.5 Å². The van der Waals surface area contributed by atoms with E-state index in [-0.39, 0.29) is 22.0 Å². The highest BCUT2D eigenvalue weighted by Gasteiger charge is 2.22. The van der Waals surface area contributed by atoms with Gasteiger partial charge in [-0.1, -0.05) is 18.3 Å². The largest absolute Gasteiger partial charge is 0.389 e. The minimum Gasteiger partial charge on any atom is -0.389 e. The average molecular weight is 314 g/mol. The first-order valence-corrected chi connectivity index (χ1v) is 7.37. The fourth-order valence-electron chi connectivity index (χ4n) is 1.60. The number of nitrogens with zero attached hydrogens (tertiary/aromatic N) is 1. The number of nitrogens with two attached hydrogens (primary N) is 1. The number of aromatic nitrogens is 2. The molecular weight excluding hydrogens is 303 g/mol. The summed E-state index contributed by atoms with van der Waals surface area (Å²) in [4.78, 5) is 6.02. The highest BCUT2D eigenvalue weighted by atomic mass is 32.2. The zero-order chi connectivity index (χ0) is 14.8. The van der Waals surface area contributed by atoms with Gasteiger partial charge in [-0.3, -0.25) is 0 Å². The topological polar surface area (TPSA) is 101 Å². The molecule has 0 fully saturated rings. The van der Waals surface area contributed by atoms with E-state index in [1.54, 1.807) is 6.20 Å². The van der Waals surface area contributed by atoms with Crippen LogP contribution in [0.15, 0.2) is 35.5 Å². The molecule has 0 unspecified atom stereocenters. The zero-order valence-electron chi connectivity index (χ0n) is 10.1. The summed E-state index contributed by atoms with van der Waals surface area (Å²) in [7, 11) is -3.95. The Hall–Kier alpha value is -1.84. The average Bonchev–Trinajstić information content (AvgIpc) is 2.89. The van der Waals surface area contributed by atoms with E-state index in [0.717, 1.165) is 6.07 Å². The third kappa shape index (κ3) is 3.00. The maximum Gasteiger partial charge on any atom is 0.241 e. The van der Waals surface area contributed by atoms with Gasteiger partial charge in [-0.2, -0.15) is 0 Å². The van der Waals surface area contributed by atoms with Gasteiger partial charge in [0.05, 0.1) is 17.0 Å². The molecule has 106 valence electrons. The van der Waals surface area contributed by atoms with E-state index in [1.807, 2.05) is 0 Å². The van der Waals surface area contributed by atoms with Gasteiger partial charge in [-0.05, 0) is 12.1 Å². The van der Waals surface area contributed by atoms with Crippen LogP contribution in [0.3, 0.4) is 0 Å². The third-order valence-electron chi connectivity index (χ3n) is 2.50. The van der Waals surface area contributed by atoms with E-state index in [1.165, 1.54) is 18.3 Å². The molecule has 0 amide bonds. The number of imidazole rings is 1. The molecule has 20 heavy (non-hydrogen) atoms. The van der Waals surface area contributed by atoms with Gasteiger partial charge in [-0.15, -0.1) is 0 Å². The van der Waals surface area contributed by atoms with Crippen LogP contribution >= 0.6 is 12.2 Å². The number of hydrogen-bond acceptors (Lipinski definition) is 4. The first-order chi connectivity index (χ1) is 9.42. The predicted molar refractivity (Wildman–Crippen MR) is 74.9 cm³/mol. The molecule has 0 saturated heterocycles. The molecule has 4 N–H and O–H groups in total. The molecule has 0 spiro atoms. The summed E-state index contributed by atoms with van der Waals surface area (Å²) in [6.45, 7) is -0.0530. The number of halogens is 1. The molecule has 9 heteroatoms. The first-order valence-electron chi connectivity index (χ1n) is 5.48. The van der Waals surface area contributed by atoms with Gasteiger partial charge in [0.15, 0.2) is 0 Å². The second-order valence-electron chi connectivity index (χ2n) is 3.84. The zero-order valence-corrected chi connectivity index (χ0v) is 11.8. The van der Waals surface area contributed by atoms with Crippen molar-refractivity contribution in [1.29, 1.82) is 0 Å². The lowest BCUT2D eigenvalue weighted by atomic mass is 10.2. The highest BCUT2D eigenvalue weighted by molar-refractivity contribution is 7.89. The van der Waals surface area contributed by atoms with Crippen LogP contribution in [0.1, 0.15) is 11.4 Å². The lowest BCUT2D eigenvalue weighted by molar-refractivity contribution is 0.575. The third-order valence-corrected chi connectivity index (χ3v) is 4.14. The number of thiocarbonyl (C=S) groups is 1. The Kier molecular flexibility index (Phi) is 4.12. The molecule has 0 aliphatic carbocycles. The Balaban J connectivity index is 2.34. The number of H-pyrrole nitrogens is 1. The minimum atomic E-state index is -3.95. The van der Waals surface area contributed by atoms with Gasteiger partial charge < -0.3 is 10.7 Å². The number of sulfonamides is 1. The Labute approximate surface area is 120 Å². The standard InChI is InChI=1S/C11H11FN4O2S2/c12-7-2-1-3-8(10(7)11(13)19)20(17,18)16-6-9-14-4-5-15-9/h1-5,16H,6H2,(H2,13,19)(H,14,15). The maximum absolute atomic E-state index is 13.7. The molecule has 0 radical (unpaired) electrons. The number of rotatable bonds is 5. The Morgan fingerprint density at radius 2 is 2.25 bits per heavy atom. The fraction of sp³-hybridized carbons (Fsp3) is 0.0909. The number of nitrogens with one attached hydrogen (secondary N) is 2. The molecule has 0 bridgehead atoms. The summed E-state index contributed by atoms with van der Waals surface area (Å²) >= 11 is 4.70. The molecule has 0 aliphatic heterocycles. The minimum absolute atomic E-state index is 0.0530. The van der Waals surface area contributed by atoms with Crippen molar-refractivity contribution in [3.63, 3.8) is 0 Å². The van der Waals surface area contributed by atoms with E-state index < -0.39 is 15.8 Å². The van der Waals surface area contributed by atoms with Crippen LogP contribution in [-0.4, -0.2) is 23.4 Å². The van der Waals surface area contributed by atoms with Crippen molar-refractivity contribution in [2.45, 2.75) is 11.4 Å². The quantitative estimate of drug-likeness (QED) is 0.704. The van der Waals surface area contributed by atoms with Crippen LogP contribution in [0.5, 0.6) is 0 Å². The Morgan fingerprint density at radius 1 is 1.50 bits per heavy atom. The van der Waals surface area contributed by atoms with Crippen molar-refractivity contribution >= 4 is 27.2 Å². The van der Waals surface area contributed by atoms with E-state index in [2.05, 4.69) is 14.7 Å². The molecule has 2 aromatic rings. The smallest absolute Gasteiger partial charge is 0.241 e. The Bertz CT molecular complexity index is 729. The van der Waals surface area contributed by atoms with Gasteiger partial charge in [0.2, 0.25) is 10.0 Å². The summed E-state index contributed by atoms with van der Waals surface area (Å²) in [6, 6.07) is 3.61. The summed E-state index contributed by atoms with van der Waals surface area (Å²) < 4.78 is 40.3. The molecule has 1 aromatic carbocycles. The predicted octanol–water partition coefficient (Wildman–Crippen LogP) is 0.662. The van der Waals surface area contributed by atoms with E-state index >= 15 is 0 Å². The van der Waals surface area contributed by atoms with Crippen molar-refractivity contribution in [1.82, 2.24) is 14.7 Å². The van der Waals surface area contributed by atoms with Crippen LogP contribution in [0.25, 0.3) is 0 Å². The highest BCUT2D eigenvalue weighted by Crippen LogP contribution is 2.19. The molecule has 0 aliphatic rings. The van der Waals surface area contributed by atoms with Crippen molar-refractivity contribution in [3.05, 3.63) is 47.8 Å². The lowest BCUT2D eigenvalue weighted by Crippen LogP contribution is -2.27. The monoisotopic (exact) mass is 314 g/mol. The van der Waals surface area contributed by atoms with Crippen molar-refractivity contribution in [3.8, 4) is 0 Å². The summed E-state index contributed by atoms with van der Waals surface area (Å²) in [5.74, 6) is -0.347. The van der Waals surface area contributed by atoms with E-state index in [0.29, 0.717) is 5.82 Å². The second-order valence-corrected chi connectivity index (χ2v) is 6.01. The van der Waals surface area contributed by atoms with Crippen molar-refractivity contribution in [2.24, 2.45) is 5.73 Å². The second kappa shape index (κ2) is 5.65. The molecular formula is C11H11FN4O2S2. The van der Waals surface area contributed by atoms with Crippen LogP contribution in [-0.2, 0) is 16.6 Å². The first kappa shape index (κ1) is 14.6. The van der Waals surface area contributed by atoms with Gasteiger partial charge in [0, 0.05) is 12.4 Å². The number of aromatic amines is 1. The maximum atomic E-state index is 13.7. The fourth-order valence-corrected chi connectivity index (χ4v) is 3.09. The summed E-state index contributed by atoms with van der Waals surface area (Å²) in [5, 5.41) is 0. The number of benzene rings is 1. The summed E-state index contributed by atoms with van der Waals surface area (Å²) in [6.07, 6.45) is 3.05. The molecule has 6 nitrogen and oxygen atoms in total. The lowest BCUT2D eigenvalue weighted by Gasteiger charge is -2.10. The molecule has 2 rings (SSSR count). The molecule has 1 heterocycles. The molecule has 0 saturated carbocycles. The van der Waals surface area contributed by atoms with E-state index in [4.69, 9.17) is 18.0 Å². The van der Waals surface area contributed by atoms with Crippen molar-refractivity contribution in [2.75, 3.05) is 0 Å². The van der Waals surface area contributed by atoms with Gasteiger partial charge >= 0.3 is 0 Å². The molecule has 0 atom stereocenters. The normalized spacial score (nSPS) is 11.4.